The van der Waals surface area contributed by atoms with Crippen LogP contribution in [-0.2, 0) is 23.7 Å². The van der Waals surface area contributed by atoms with Crippen LogP contribution in [0.3, 0.4) is 0 Å². The number of aliphatic hydroxyl groups is 12. The number of nitrogens with one attached hydrogen (secondary N) is 1. The van der Waals surface area contributed by atoms with Crippen LogP contribution in [0.2, 0.25) is 0 Å². The maximum Gasteiger partial charge on any atom is 0.217 e. The van der Waals surface area contributed by atoms with Gasteiger partial charge in [0.25, 0.3) is 0 Å². The van der Waals surface area contributed by atoms with Crippen LogP contribution in [0.4, 0.5) is 0 Å². The first-order valence-electron chi connectivity index (χ1n) is 11.6. The number of aliphatic hydroxyl groups excluding tert-OH is 12. The highest BCUT2D eigenvalue weighted by molar-refractivity contribution is 5.73. The SMILES string of the molecule is CC(=O)N[C@H]1C(O)O[C@H](CO)[C@@H](O)[C@@H]1O.OC[C@H]1O[C@@H](O[C@H]2[C@H](O)[C@H](O)C(O)O[C@@H]2CO)[C@@H](O)[C@@H](O)[C@@H]1O. The first-order valence-corrected chi connectivity index (χ1v) is 11.6. The number of hydrogen-bond acceptors (Lipinski definition) is 17. The van der Waals surface area contributed by atoms with Gasteiger partial charge in [-0.15, -0.1) is 0 Å². The minimum absolute atomic E-state index is 0.462. The number of ether oxygens (including phenoxy) is 4. The summed E-state index contributed by atoms with van der Waals surface area (Å²) in [6, 6.07) is -1.10. The van der Waals surface area contributed by atoms with E-state index in [-0.39, 0.29) is 0 Å². The molecule has 3 rings (SSSR count). The summed E-state index contributed by atoms with van der Waals surface area (Å²) in [5, 5.41) is 116. The van der Waals surface area contributed by atoms with E-state index in [4.69, 9.17) is 29.2 Å². The summed E-state index contributed by atoms with van der Waals surface area (Å²) in [6.45, 7) is -0.658. The predicted octanol–water partition coefficient (Wildman–Crippen LogP) is -8.47. The molecule has 0 bridgehead atoms. The van der Waals surface area contributed by atoms with Crippen LogP contribution in [0.25, 0.3) is 0 Å². The van der Waals surface area contributed by atoms with Gasteiger partial charge in [-0.2, -0.15) is 0 Å². The first-order chi connectivity index (χ1) is 17.8. The highest BCUT2D eigenvalue weighted by atomic mass is 16.7. The van der Waals surface area contributed by atoms with E-state index in [9.17, 15) is 55.9 Å². The largest absolute Gasteiger partial charge is 0.394 e. The second-order valence-corrected chi connectivity index (χ2v) is 8.98. The van der Waals surface area contributed by atoms with E-state index in [0.717, 1.165) is 0 Å². The van der Waals surface area contributed by atoms with E-state index in [0.29, 0.717) is 0 Å². The molecule has 0 aromatic heterocycles. The summed E-state index contributed by atoms with van der Waals surface area (Å²) in [5.74, 6) is -0.462. The molecule has 0 aromatic carbocycles. The summed E-state index contributed by atoms with van der Waals surface area (Å²) in [4.78, 5) is 10.7. The van der Waals surface area contributed by atoms with Crippen LogP contribution < -0.4 is 5.32 Å². The minimum Gasteiger partial charge on any atom is -0.394 e. The Balaban J connectivity index is 0.000000293. The first kappa shape index (κ1) is 33.0. The van der Waals surface area contributed by atoms with Gasteiger partial charge in [0.2, 0.25) is 5.91 Å². The van der Waals surface area contributed by atoms with Gasteiger partial charge in [-0.1, -0.05) is 0 Å². The van der Waals surface area contributed by atoms with Gasteiger partial charge in [-0.25, -0.2) is 0 Å². The third-order valence-corrected chi connectivity index (χ3v) is 6.25. The Hall–Kier alpha value is -1.17. The number of carbonyl (C=O) groups excluding carboxylic acids is 1. The summed E-state index contributed by atoms with van der Waals surface area (Å²) < 4.78 is 20.1. The van der Waals surface area contributed by atoms with Gasteiger partial charge < -0.3 is 85.5 Å². The van der Waals surface area contributed by atoms with Crippen LogP contribution in [-0.4, -0.2) is 179 Å². The summed E-state index contributed by atoms with van der Waals surface area (Å²) >= 11 is 0. The second kappa shape index (κ2) is 14.5. The smallest absolute Gasteiger partial charge is 0.217 e. The Bertz CT molecular complexity index is 730. The van der Waals surface area contributed by atoms with Crippen molar-refractivity contribution in [2.45, 2.75) is 99.0 Å². The molecule has 18 heteroatoms. The van der Waals surface area contributed by atoms with Gasteiger partial charge in [0.05, 0.1) is 19.8 Å². The molecule has 224 valence electrons. The van der Waals surface area contributed by atoms with Gasteiger partial charge in [-0.05, 0) is 0 Å². The van der Waals surface area contributed by atoms with Crippen molar-refractivity contribution in [1.82, 2.24) is 5.32 Å². The van der Waals surface area contributed by atoms with Crippen LogP contribution >= 0.6 is 0 Å². The Morgan fingerprint density at radius 2 is 1.13 bits per heavy atom. The molecule has 3 aliphatic rings. The second-order valence-electron chi connectivity index (χ2n) is 8.98. The molecule has 15 atom stereocenters. The maximum atomic E-state index is 10.7. The standard InChI is InChI=1S/C12H22O11.C8H15NO6/c13-1-3-5(15)6(16)9(19)12(22-3)23-10-4(2-14)21-11(20)8(18)7(10)17;1-3(11)9-5-7(13)6(12)4(2-10)15-8(5)14/h3-20H,1-2H2;4-8,10,12-14H,2H2,1H3,(H,9,11)/t3-,4-,5-,6+,7-,8+,9+,10-,11?,12+;4-,5-,6-,7-,8?/m11/s1. The van der Waals surface area contributed by atoms with Gasteiger partial charge in [0.1, 0.15) is 73.2 Å². The van der Waals surface area contributed by atoms with Crippen molar-refractivity contribution in [3.8, 4) is 0 Å². The molecule has 13 N–H and O–H groups in total. The fourth-order valence-corrected chi connectivity index (χ4v) is 4.06. The van der Waals surface area contributed by atoms with Gasteiger partial charge >= 0.3 is 0 Å². The molecule has 3 aliphatic heterocycles. The van der Waals surface area contributed by atoms with E-state index >= 15 is 0 Å². The van der Waals surface area contributed by atoms with E-state index in [2.05, 4.69) is 5.32 Å². The van der Waals surface area contributed by atoms with Crippen molar-refractivity contribution in [2.24, 2.45) is 0 Å². The highest BCUT2D eigenvalue weighted by Crippen LogP contribution is 2.28. The average Bonchev–Trinajstić information content (AvgIpc) is 2.89. The molecular weight excluding hydrogens is 526 g/mol. The monoisotopic (exact) mass is 563 g/mol. The maximum absolute atomic E-state index is 10.7. The Morgan fingerprint density at radius 1 is 0.632 bits per heavy atom. The van der Waals surface area contributed by atoms with Crippen LogP contribution in [0.15, 0.2) is 0 Å². The highest BCUT2D eigenvalue weighted by Gasteiger charge is 2.50. The zero-order valence-electron chi connectivity index (χ0n) is 20.2. The van der Waals surface area contributed by atoms with Gasteiger partial charge in [0, 0.05) is 6.92 Å². The molecular formula is C20H37NO17. The predicted molar refractivity (Wildman–Crippen MR) is 116 cm³/mol. The van der Waals surface area contributed by atoms with Crippen molar-refractivity contribution in [1.29, 1.82) is 0 Å². The van der Waals surface area contributed by atoms with Gasteiger partial charge in [0.15, 0.2) is 18.9 Å². The molecule has 0 saturated carbocycles. The van der Waals surface area contributed by atoms with E-state index in [1.165, 1.54) is 6.92 Å². The molecule has 0 spiro atoms. The van der Waals surface area contributed by atoms with Crippen molar-refractivity contribution in [3.63, 3.8) is 0 Å². The van der Waals surface area contributed by atoms with E-state index < -0.39 is 118 Å². The van der Waals surface area contributed by atoms with Crippen molar-refractivity contribution in [3.05, 3.63) is 0 Å². The molecule has 18 nitrogen and oxygen atoms in total. The third-order valence-electron chi connectivity index (χ3n) is 6.25. The van der Waals surface area contributed by atoms with Crippen LogP contribution in [0.1, 0.15) is 6.92 Å². The van der Waals surface area contributed by atoms with Crippen molar-refractivity contribution >= 4 is 5.91 Å². The lowest BCUT2D eigenvalue weighted by Crippen LogP contribution is -2.64. The fraction of sp³-hybridized carbons (Fsp3) is 0.950. The number of carbonyl (C=O) groups is 1. The summed E-state index contributed by atoms with van der Waals surface area (Å²) in [5.41, 5.74) is 0. The lowest BCUT2D eigenvalue weighted by molar-refractivity contribution is -0.355. The summed E-state index contributed by atoms with van der Waals surface area (Å²) in [7, 11) is 0. The molecule has 3 saturated heterocycles. The van der Waals surface area contributed by atoms with Gasteiger partial charge in [-0.3, -0.25) is 4.79 Å². The van der Waals surface area contributed by atoms with E-state index in [1.807, 2.05) is 0 Å². The normalized spacial score (nSPS) is 47.6. The molecule has 0 aromatic rings. The number of amides is 1. The fourth-order valence-electron chi connectivity index (χ4n) is 4.06. The number of rotatable bonds is 6. The molecule has 3 fully saturated rings. The topological polar surface area (TPSA) is 309 Å². The lowest BCUT2D eigenvalue weighted by atomic mass is 9.97. The summed E-state index contributed by atoms with van der Waals surface area (Å²) in [6.07, 6.45) is -20.8. The molecule has 2 unspecified atom stereocenters. The van der Waals surface area contributed by atoms with E-state index in [1.54, 1.807) is 0 Å². The minimum atomic E-state index is -1.74. The lowest BCUT2D eigenvalue weighted by Gasteiger charge is -2.45. The Morgan fingerprint density at radius 3 is 1.66 bits per heavy atom. The number of hydrogen-bond donors (Lipinski definition) is 13. The third kappa shape index (κ3) is 7.52. The molecule has 0 aliphatic carbocycles. The zero-order valence-corrected chi connectivity index (χ0v) is 20.2. The Labute approximate surface area is 215 Å². The quantitative estimate of drug-likeness (QED) is 0.143. The van der Waals surface area contributed by atoms with Crippen LogP contribution in [0.5, 0.6) is 0 Å². The molecule has 0 radical (unpaired) electrons. The molecule has 3 heterocycles. The Kier molecular flexibility index (Phi) is 12.6. The molecule has 1 amide bonds. The zero-order chi connectivity index (χ0) is 28.9. The average molecular weight is 564 g/mol. The van der Waals surface area contributed by atoms with Crippen LogP contribution in [0, 0.1) is 0 Å². The van der Waals surface area contributed by atoms with Crippen molar-refractivity contribution < 1.29 is 85.0 Å². The molecule has 38 heavy (non-hydrogen) atoms. The van der Waals surface area contributed by atoms with Crippen molar-refractivity contribution in [2.75, 3.05) is 19.8 Å².